The van der Waals surface area contributed by atoms with Crippen LogP contribution < -0.4 is 5.73 Å². The van der Waals surface area contributed by atoms with Gasteiger partial charge in [-0.05, 0) is 11.8 Å². The molecule has 0 aliphatic carbocycles. The molecule has 2 atom stereocenters. The van der Waals surface area contributed by atoms with Crippen molar-refractivity contribution in [2.45, 2.75) is 40.0 Å². The molecule has 0 heterocycles. The Morgan fingerprint density at radius 1 is 1.50 bits per heavy atom. The molecule has 0 aromatic rings. The smallest absolute Gasteiger partial charge is 0.0136 e. The van der Waals surface area contributed by atoms with Crippen LogP contribution in [0.3, 0.4) is 0 Å². The van der Waals surface area contributed by atoms with Crippen molar-refractivity contribution in [1.82, 2.24) is 0 Å². The summed E-state index contributed by atoms with van der Waals surface area (Å²) in [4.78, 5) is 0. The summed E-state index contributed by atoms with van der Waals surface area (Å²) in [5.74, 6) is 1.34. The quantitative estimate of drug-likeness (QED) is 0.772. The Hall–Kier alpha value is 0.0200. The number of hydrogen-bond donors (Lipinski definition) is 1. The van der Waals surface area contributed by atoms with E-state index in [1.807, 2.05) is 0 Å². The molecule has 0 bridgehead atoms. The van der Waals surface area contributed by atoms with Gasteiger partial charge in [-0.1, -0.05) is 56.0 Å². The van der Waals surface area contributed by atoms with Crippen molar-refractivity contribution < 1.29 is 0 Å². The third-order valence-electron chi connectivity index (χ3n) is 2.49. The molecule has 0 aliphatic heterocycles. The Kier molecular flexibility index (Phi) is 6.54. The van der Waals surface area contributed by atoms with Gasteiger partial charge in [0.25, 0.3) is 0 Å². The average Bonchev–Trinajstić information content (AvgIpc) is 2.11. The highest BCUT2D eigenvalue weighted by Crippen LogP contribution is 2.29. The Morgan fingerprint density at radius 2 is 2.08 bits per heavy atom. The van der Waals surface area contributed by atoms with Crippen molar-refractivity contribution in [1.29, 1.82) is 0 Å². The van der Waals surface area contributed by atoms with Crippen LogP contribution in [-0.2, 0) is 0 Å². The van der Waals surface area contributed by atoms with Crippen LogP contribution in [0.15, 0.2) is 10.7 Å². The fourth-order valence-electron chi connectivity index (χ4n) is 1.56. The number of allylic oxidation sites excluding steroid dienone is 1. The van der Waals surface area contributed by atoms with Crippen molar-refractivity contribution >= 4 is 15.9 Å². The van der Waals surface area contributed by atoms with Crippen molar-refractivity contribution in [3.8, 4) is 0 Å². The molecule has 72 valence electrons. The lowest BCUT2D eigenvalue weighted by molar-refractivity contribution is 0.372. The molecule has 0 saturated heterocycles. The predicted octanol–water partition coefficient (Wildman–Crippen LogP) is 3.64. The van der Waals surface area contributed by atoms with Crippen LogP contribution in [0.5, 0.6) is 0 Å². The van der Waals surface area contributed by atoms with Crippen LogP contribution in [0.25, 0.3) is 0 Å². The molecule has 0 amide bonds. The molecule has 1 nitrogen and oxygen atoms in total. The molecule has 0 rings (SSSR count). The molecule has 0 aromatic carbocycles. The predicted molar refractivity (Wildman–Crippen MR) is 59.1 cm³/mol. The van der Waals surface area contributed by atoms with Gasteiger partial charge in [0.1, 0.15) is 0 Å². The topological polar surface area (TPSA) is 26.0 Å². The van der Waals surface area contributed by atoms with E-state index in [0.29, 0.717) is 5.92 Å². The molecule has 0 unspecified atom stereocenters. The van der Waals surface area contributed by atoms with E-state index in [-0.39, 0.29) is 0 Å². The summed E-state index contributed by atoms with van der Waals surface area (Å²) < 4.78 is 1.14. The van der Waals surface area contributed by atoms with E-state index in [2.05, 4.69) is 36.7 Å². The molecule has 2 heteroatoms. The van der Waals surface area contributed by atoms with Gasteiger partial charge in [-0.3, -0.25) is 0 Å². The first-order chi connectivity index (χ1) is 5.67. The second kappa shape index (κ2) is 6.53. The standard InChI is InChI=1S/C10H20BrN/c1-4-6-9(5-2)8(3)10(11)7-12/h7-9H,4-6,12H2,1-3H3/b10-7+/t8-,9+/m1/s1. The van der Waals surface area contributed by atoms with Crippen LogP contribution in [0.4, 0.5) is 0 Å². The van der Waals surface area contributed by atoms with Gasteiger partial charge in [0.2, 0.25) is 0 Å². The molecular weight excluding hydrogens is 214 g/mol. The van der Waals surface area contributed by atoms with Crippen molar-refractivity contribution in [2.75, 3.05) is 0 Å². The van der Waals surface area contributed by atoms with Crippen LogP contribution >= 0.6 is 15.9 Å². The van der Waals surface area contributed by atoms with Gasteiger partial charge < -0.3 is 5.73 Å². The zero-order valence-corrected chi connectivity index (χ0v) is 9.89. The maximum atomic E-state index is 5.45. The minimum absolute atomic E-state index is 0.569. The molecular formula is C10H20BrN. The zero-order valence-electron chi connectivity index (χ0n) is 8.31. The number of halogens is 1. The second-order valence-corrected chi connectivity index (χ2v) is 4.21. The SMILES string of the molecule is CCC[C@H](CC)[C@@H](C)/C(Br)=C\N. The fourth-order valence-corrected chi connectivity index (χ4v) is 1.93. The minimum Gasteiger partial charge on any atom is -0.404 e. The van der Waals surface area contributed by atoms with Crippen LogP contribution in [-0.4, -0.2) is 0 Å². The van der Waals surface area contributed by atoms with Crippen LogP contribution in [0.2, 0.25) is 0 Å². The van der Waals surface area contributed by atoms with Gasteiger partial charge in [-0.2, -0.15) is 0 Å². The minimum atomic E-state index is 0.569. The molecule has 0 fully saturated rings. The third-order valence-corrected chi connectivity index (χ3v) is 3.47. The van der Waals surface area contributed by atoms with E-state index < -0.39 is 0 Å². The highest BCUT2D eigenvalue weighted by molar-refractivity contribution is 9.11. The molecule has 0 saturated carbocycles. The van der Waals surface area contributed by atoms with Crippen molar-refractivity contribution in [2.24, 2.45) is 17.6 Å². The second-order valence-electron chi connectivity index (χ2n) is 3.30. The van der Waals surface area contributed by atoms with Gasteiger partial charge in [-0.25, -0.2) is 0 Å². The lowest BCUT2D eigenvalue weighted by atomic mass is 9.88. The highest BCUT2D eigenvalue weighted by Gasteiger charge is 2.16. The van der Waals surface area contributed by atoms with E-state index in [9.17, 15) is 0 Å². The Bertz CT molecular complexity index is 143. The molecule has 12 heavy (non-hydrogen) atoms. The zero-order chi connectivity index (χ0) is 9.56. The summed E-state index contributed by atoms with van der Waals surface area (Å²) in [6, 6.07) is 0. The Balaban J connectivity index is 4.10. The van der Waals surface area contributed by atoms with Crippen molar-refractivity contribution in [3.05, 3.63) is 10.7 Å². The summed E-state index contributed by atoms with van der Waals surface area (Å²) in [5.41, 5.74) is 5.45. The fraction of sp³-hybridized carbons (Fsp3) is 0.800. The summed E-state index contributed by atoms with van der Waals surface area (Å²) in [6.07, 6.45) is 5.45. The van der Waals surface area contributed by atoms with E-state index >= 15 is 0 Å². The summed E-state index contributed by atoms with van der Waals surface area (Å²) in [7, 11) is 0. The van der Waals surface area contributed by atoms with Gasteiger partial charge in [-0.15, -0.1) is 0 Å². The van der Waals surface area contributed by atoms with E-state index in [1.165, 1.54) is 19.3 Å². The number of rotatable bonds is 5. The monoisotopic (exact) mass is 233 g/mol. The third kappa shape index (κ3) is 3.61. The van der Waals surface area contributed by atoms with E-state index in [0.717, 1.165) is 10.4 Å². The highest BCUT2D eigenvalue weighted by atomic mass is 79.9. The first-order valence-electron chi connectivity index (χ1n) is 4.74. The van der Waals surface area contributed by atoms with Gasteiger partial charge in [0, 0.05) is 10.7 Å². The first-order valence-corrected chi connectivity index (χ1v) is 5.53. The normalized spacial score (nSPS) is 17.5. The number of hydrogen-bond acceptors (Lipinski definition) is 1. The molecule has 0 spiro atoms. The summed E-state index contributed by atoms with van der Waals surface area (Å²) >= 11 is 3.49. The van der Waals surface area contributed by atoms with Gasteiger partial charge in [0.05, 0.1) is 0 Å². The first kappa shape index (κ1) is 12.0. The van der Waals surface area contributed by atoms with Gasteiger partial charge >= 0.3 is 0 Å². The average molecular weight is 234 g/mol. The molecule has 0 aliphatic rings. The summed E-state index contributed by atoms with van der Waals surface area (Å²) in [6.45, 7) is 6.71. The van der Waals surface area contributed by atoms with E-state index in [1.54, 1.807) is 6.20 Å². The lowest BCUT2D eigenvalue weighted by Crippen LogP contribution is -2.11. The number of nitrogens with two attached hydrogens (primary N) is 1. The van der Waals surface area contributed by atoms with Crippen molar-refractivity contribution in [3.63, 3.8) is 0 Å². The summed E-state index contributed by atoms with van der Waals surface area (Å²) in [5, 5.41) is 0. The van der Waals surface area contributed by atoms with Crippen LogP contribution in [0, 0.1) is 11.8 Å². The van der Waals surface area contributed by atoms with E-state index in [4.69, 9.17) is 5.73 Å². The van der Waals surface area contributed by atoms with Gasteiger partial charge in [0.15, 0.2) is 0 Å². The lowest BCUT2D eigenvalue weighted by Gasteiger charge is -2.21. The van der Waals surface area contributed by atoms with Crippen LogP contribution in [0.1, 0.15) is 40.0 Å². The molecule has 0 aromatic heterocycles. The Morgan fingerprint density at radius 3 is 2.42 bits per heavy atom. The maximum Gasteiger partial charge on any atom is 0.0136 e. The molecule has 0 radical (unpaired) electrons. The maximum absolute atomic E-state index is 5.45. The largest absolute Gasteiger partial charge is 0.404 e. The molecule has 2 N–H and O–H groups in total. The Labute approximate surface area is 84.5 Å².